The van der Waals surface area contributed by atoms with Crippen molar-refractivity contribution >= 4 is 27.5 Å². The third-order valence-electron chi connectivity index (χ3n) is 1.63. The van der Waals surface area contributed by atoms with Gasteiger partial charge >= 0.3 is 0 Å². The first-order valence-electron chi connectivity index (χ1n) is 3.86. The molecular formula is C7H13NOS2. The highest BCUT2D eigenvalue weighted by molar-refractivity contribution is 8.76. The molecule has 0 atom stereocenters. The van der Waals surface area contributed by atoms with Gasteiger partial charge in [-0.1, -0.05) is 28.5 Å². The average molecular weight is 191 g/mol. The van der Waals surface area contributed by atoms with Crippen LogP contribution in [0.15, 0.2) is 0 Å². The smallest absolute Gasteiger partial charge is 0.222 e. The van der Waals surface area contributed by atoms with E-state index in [4.69, 9.17) is 0 Å². The summed E-state index contributed by atoms with van der Waals surface area (Å²) in [6.45, 7) is 3.79. The lowest BCUT2D eigenvalue weighted by atomic mass is 10.4. The normalized spacial score (nSPS) is 19.5. The Morgan fingerprint density at radius 1 is 1.36 bits per heavy atom. The van der Waals surface area contributed by atoms with Crippen LogP contribution < -0.4 is 0 Å². The monoisotopic (exact) mass is 191 g/mol. The second-order valence-electron chi connectivity index (χ2n) is 2.38. The topological polar surface area (TPSA) is 20.3 Å². The largest absolute Gasteiger partial charge is 0.341 e. The van der Waals surface area contributed by atoms with Crippen molar-refractivity contribution in [3.63, 3.8) is 0 Å². The lowest BCUT2D eigenvalue weighted by Gasteiger charge is -2.18. The molecule has 0 aromatic rings. The van der Waals surface area contributed by atoms with E-state index in [9.17, 15) is 4.79 Å². The van der Waals surface area contributed by atoms with Crippen LogP contribution in [0.5, 0.6) is 0 Å². The summed E-state index contributed by atoms with van der Waals surface area (Å²) >= 11 is 0. The number of hydrogen-bond acceptors (Lipinski definition) is 3. The average Bonchev–Trinajstić information content (AvgIpc) is 2.30. The molecule has 0 aromatic carbocycles. The molecule has 11 heavy (non-hydrogen) atoms. The lowest BCUT2D eigenvalue weighted by Crippen LogP contribution is -2.33. The van der Waals surface area contributed by atoms with Crippen LogP contribution in [-0.4, -0.2) is 35.4 Å². The minimum atomic E-state index is 0.299. The van der Waals surface area contributed by atoms with E-state index in [-0.39, 0.29) is 0 Å². The van der Waals surface area contributed by atoms with Gasteiger partial charge in [0, 0.05) is 31.0 Å². The van der Waals surface area contributed by atoms with Gasteiger partial charge < -0.3 is 4.90 Å². The summed E-state index contributed by atoms with van der Waals surface area (Å²) in [5.74, 6) is 2.46. The van der Waals surface area contributed by atoms with Crippen LogP contribution in [0.1, 0.15) is 13.3 Å². The van der Waals surface area contributed by atoms with Crippen molar-refractivity contribution in [3.05, 3.63) is 0 Å². The number of hydrogen-bond donors (Lipinski definition) is 0. The van der Waals surface area contributed by atoms with Gasteiger partial charge in [-0.3, -0.25) is 4.79 Å². The van der Waals surface area contributed by atoms with Gasteiger partial charge in [0.1, 0.15) is 0 Å². The Labute approximate surface area is 75.5 Å². The van der Waals surface area contributed by atoms with Gasteiger partial charge in [-0.15, -0.1) is 0 Å². The molecular weight excluding hydrogens is 178 g/mol. The Hall–Kier alpha value is 0.170. The van der Waals surface area contributed by atoms with Crippen LogP contribution in [0, 0.1) is 0 Å². The van der Waals surface area contributed by atoms with Gasteiger partial charge in [-0.05, 0) is 0 Å². The number of rotatable bonds is 1. The second kappa shape index (κ2) is 4.93. The predicted molar refractivity (Wildman–Crippen MR) is 51.8 cm³/mol. The highest BCUT2D eigenvalue weighted by Gasteiger charge is 2.13. The summed E-state index contributed by atoms with van der Waals surface area (Å²) in [6, 6.07) is 0. The maximum absolute atomic E-state index is 11.2. The predicted octanol–water partition coefficient (Wildman–Crippen LogP) is 1.62. The van der Waals surface area contributed by atoms with E-state index in [1.54, 1.807) is 0 Å². The van der Waals surface area contributed by atoms with Crippen LogP contribution in [-0.2, 0) is 4.79 Å². The van der Waals surface area contributed by atoms with Crippen LogP contribution in [0.2, 0.25) is 0 Å². The highest BCUT2D eigenvalue weighted by Crippen LogP contribution is 2.23. The summed E-state index contributed by atoms with van der Waals surface area (Å²) in [4.78, 5) is 13.2. The lowest BCUT2D eigenvalue weighted by molar-refractivity contribution is -0.130. The van der Waals surface area contributed by atoms with Gasteiger partial charge in [0.05, 0.1) is 0 Å². The first-order valence-corrected chi connectivity index (χ1v) is 6.35. The van der Waals surface area contributed by atoms with Gasteiger partial charge in [-0.25, -0.2) is 0 Å². The fourth-order valence-corrected chi connectivity index (χ4v) is 2.98. The molecule has 1 heterocycles. The molecule has 64 valence electrons. The van der Waals surface area contributed by atoms with E-state index in [1.165, 1.54) is 0 Å². The third-order valence-corrected chi connectivity index (χ3v) is 3.99. The Balaban J connectivity index is 2.36. The standard InChI is InChI=1S/C7H13NOS2/c1-2-7(9)8-3-5-10-11-6-4-8/h2-6H2,1H3. The molecule has 1 rings (SSSR count). The summed E-state index contributed by atoms with van der Waals surface area (Å²) in [7, 11) is 3.74. The van der Waals surface area contributed by atoms with Crippen molar-refractivity contribution < 1.29 is 4.79 Å². The minimum Gasteiger partial charge on any atom is -0.341 e. The number of amides is 1. The molecule has 1 aliphatic heterocycles. The van der Waals surface area contributed by atoms with E-state index in [0.717, 1.165) is 24.6 Å². The SMILES string of the molecule is CCC(=O)N1CCSSCC1. The summed E-state index contributed by atoms with van der Waals surface area (Å²) in [6.07, 6.45) is 0.648. The quantitative estimate of drug-likeness (QED) is 0.587. The highest BCUT2D eigenvalue weighted by atomic mass is 33.1. The molecule has 0 aromatic heterocycles. The number of carbonyl (C=O) groups is 1. The van der Waals surface area contributed by atoms with Gasteiger partial charge in [0.25, 0.3) is 0 Å². The summed E-state index contributed by atoms with van der Waals surface area (Å²) in [5, 5.41) is 0. The summed E-state index contributed by atoms with van der Waals surface area (Å²) in [5.41, 5.74) is 0. The molecule has 0 unspecified atom stereocenters. The third kappa shape index (κ3) is 2.95. The van der Waals surface area contributed by atoms with Crippen molar-refractivity contribution in [2.45, 2.75) is 13.3 Å². The van der Waals surface area contributed by atoms with Crippen molar-refractivity contribution in [2.75, 3.05) is 24.6 Å². The maximum atomic E-state index is 11.2. The molecule has 0 spiro atoms. The molecule has 1 fully saturated rings. The zero-order chi connectivity index (χ0) is 8.10. The fraction of sp³-hybridized carbons (Fsp3) is 0.857. The van der Waals surface area contributed by atoms with E-state index >= 15 is 0 Å². The van der Waals surface area contributed by atoms with E-state index < -0.39 is 0 Å². The molecule has 0 aliphatic carbocycles. The van der Waals surface area contributed by atoms with Gasteiger partial charge in [-0.2, -0.15) is 0 Å². The van der Waals surface area contributed by atoms with E-state index in [1.807, 2.05) is 33.4 Å². The molecule has 4 heteroatoms. The van der Waals surface area contributed by atoms with E-state index in [0.29, 0.717) is 12.3 Å². The van der Waals surface area contributed by atoms with Gasteiger partial charge in [0.2, 0.25) is 5.91 Å². The van der Waals surface area contributed by atoms with Crippen LogP contribution in [0.4, 0.5) is 0 Å². The number of nitrogens with zero attached hydrogens (tertiary/aromatic N) is 1. The Morgan fingerprint density at radius 3 is 2.36 bits per heavy atom. The van der Waals surface area contributed by atoms with Crippen molar-refractivity contribution in [1.29, 1.82) is 0 Å². The van der Waals surface area contributed by atoms with Crippen LogP contribution in [0.3, 0.4) is 0 Å². The first kappa shape index (κ1) is 9.26. The molecule has 0 N–H and O–H groups in total. The number of carbonyl (C=O) groups excluding carboxylic acids is 1. The van der Waals surface area contributed by atoms with Crippen molar-refractivity contribution in [1.82, 2.24) is 4.90 Å². The van der Waals surface area contributed by atoms with Crippen LogP contribution >= 0.6 is 21.6 Å². The van der Waals surface area contributed by atoms with Crippen molar-refractivity contribution in [3.8, 4) is 0 Å². The fourth-order valence-electron chi connectivity index (χ4n) is 0.998. The molecule has 0 bridgehead atoms. The van der Waals surface area contributed by atoms with E-state index in [2.05, 4.69) is 0 Å². The Morgan fingerprint density at radius 2 is 1.91 bits per heavy atom. The van der Waals surface area contributed by atoms with Crippen LogP contribution in [0.25, 0.3) is 0 Å². The molecule has 1 aliphatic rings. The molecule has 0 radical (unpaired) electrons. The maximum Gasteiger partial charge on any atom is 0.222 e. The van der Waals surface area contributed by atoms with Gasteiger partial charge in [0.15, 0.2) is 0 Å². The second-order valence-corrected chi connectivity index (χ2v) is 5.08. The molecule has 0 saturated carbocycles. The minimum absolute atomic E-state index is 0.299. The Kier molecular flexibility index (Phi) is 4.15. The molecule has 1 saturated heterocycles. The van der Waals surface area contributed by atoms with Crippen molar-refractivity contribution in [2.24, 2.45) is 0 Å². The zero-order valence-corrected chi connectivity index (χ0v) is 8.34. The molecule has 1 amide bonds. The first-order chi connectivity index (χ1) is 5.34. The molecule has 2 nitrogen and oxygen atoms in total. The summed E-state index contributed by atoms with van der Waals surface area (Å²) < 4.78 is 0. The Bertz CT molecular complexity index is 132. The zero-order valence-electron chi connectivity index (χ0n) is 6.71.